The van der Waals surface area contributed by atoms with Gasteiger partial charge < -0.3 is 4.89 Å². The Kier molecular flexibility index (Phi) is 4.41. The number of benzene rings is 1. The molecule has 0 aliphatic rings. The Morgan fingerprint density at radius 2 is 1.67 bits per heavy atom. The Labute approximate surface area is 68.3 Å². The summed E-state index contributed by atoms with van der Waals surface area (Å²) in [7, 11) is 0. The van der Waals surface area contributed by atoms with Gasteiger partial charge in [-0.15, -0.1) is 0 Å². The minimum absolute atomic E-state index is 0. The van der Waals surface area contributed by atoms with E-state index in [1.807, 2.05) is 6.07 Å². The predicted molar refractivity (Wildman–Crippen MR) is 29.7 cm³/mol. The zero-order valence-electron chi connectivity index (χ0n) is 4.74. The molecule has 1 N–H and O–H groups in total. The Hall–Kier alpha value is -0.306. The number of rotatable bonds is 1. The molecule has 1 aromatic carbocycles. The first-order valence-corrected chi connectivity index (χ1v) is 2.30. The second-order valence-corrected chi connectivity index (χ2v) is 1.40. The van der Waals surface area contributed by atoms with Gasteiger partial charge in [-0.25, -0.2) is 5.26 Å². The van der Waals surface area contributed by atoms with Crippen LogP contribution in [0.4, 0.5) is 0 Å². The van der Waals surface area contributed by atoms with Crippen LogP contribution in [0.2, 0.25) is 0 Å². The molecule has 0 bridgehead atoms. The van der Waals surface area contributed by atoms with Gasteiger partial charge in [0.25, 0.3) is 0 Å². The summed E-state index contributed by atoms with van der Waals surface area (Å²) < 4.78 is 0. The summed E-state index contributed by atoms with van der Waals surface area (Å²) in [5.74, 6) is 0.465. The van der Waals surface area contributed by atoms with E-state index in [4.69, 9.17) is 5.26 Å². The summed E-state index contributed by atoms with van der Waals surface area (Å²) in [5, 5.41) is 8.04. The molecule has 0 atom stereocenters. The predicted octanol–water partition coefficient (Wildman–Crippen LogP) is 1.54. The first-order chi connectivity index (χ1) is 3.93. The average molecular weight is 158 g/mol. The van der Waals surface area contributed by atoms with E-state index in [-0.39, 0.29) is 21.7 Å². The van der Waals surface area contributed by atoms with Gasteiger partial charge in [-0.2, -0.15) is 0 Å². The van der Waals surface area contributed by atoms with E-state index < -0.39 is 0 Å². The minimum Gasteiger partial charge on any atom is -0.340 e. The number of para-hydroxylation sites is 1. The normalized spacial score (nSPS) is 7.67. The van der Waals surface area contributed by atoms with Crippen LogP contribution in [0.3, 0.4) is 0 Å². The third-order valence-corrected chi connectivity index (χ3v) is 0.849. The van der Waals surface area contributed by atoms with Gasteiger partial charge in [0.2, 0.25) is 0 Å². The summed E-state index contributed by atoms with van der Waals surface area (Å²) in [4.78, 5) is 3.91. The molecule has 0 spiro atoms. The Morgan fingerprint density at radius 1 is 1.11 bits per heavy atom. The first-order valence-electron chi connectivity index (χ1n) is 2.30. The van der Waals surface area contributed by atoms with Crippen molar-refractivity contribution in [1.82, 2.24) is 0 Å². The van der Waals surface area contributed by atoms with Crippen LogP contribution >= 0.6 is 0 Å². The number of hydrogen-bond donors (Lipinski definition) is 1. The van der Waals surface area contributed by atoms with E-state index in [1.54, 1.807) is 24.3 Å². The molecule has 0 aromatic heterocycles. The largest absolute Gasteiger partial charge is 0.340 e. The van der Waals surface area contributed by atoms with Crippen LogP contribution in [-0.2, 0) is 21.7 Å². The smallest absolute Gasteiger partial charge is 0.165 e. The molecule has 9 heavy (non-hydrogen) atoms. The molecule has 1 rings (SSSR count). The van der Waals surface area contributed by atoms with E-state index in [1.165, 1.54) is 0 Å². The standard InChI is InChI=1S/C6H6O2.Ti/c7-8-6-4-2-1-3-5-6;/h1-5,7H;. The Bertz CT molecular complexity index is 152. The molecule has 0 aliphatic heterocycles. The van der Waals surface area contributed by atoms with E-state index in [0.717, 1.165) is 0 Å². The summed E-state index contributed by atoms with van der Waals surface area (Å²) >= 11 is 0. The third kappa shape index (κ3) is 2.65. The van der Waals surface area contributed by atoms with Crippen molar-refractivity contribution in [3.63, 3.8) is 0 Å². The molecule has 0 aliphatic carbocycles. The van der Waals surface area contributed by atoms with Crippen LogP contribution in [0, 0.1) is 0 Å². The van der Waals surface area contributed by atoms with Gasteiger partial charge >= 0.3 is 0 Å². The van der Waals surface area contributed by atoms with Crippen molar-refractivity contribution in [2.75, 3.05) is 0 Å². The minimum atomic E-state index is 0. The zero-order chi connectivity index (χ0) is 5.82. The summed E-state index contributed by atoms with van der Waals surface area (Å²) in [6.07, 6.45) is 0. The fourth-order valence-electron chi connectivity index (χ4n) is 0.481. The van der Waals surface area contributed by atoms with Gasteiger partial charge in [-0.3, -0.25) is 0 Å². The zero-order valence-corrected chi connectivity index (χ0v) is 6.30. The molecular formula is C6H6O2Ti. The van der Waals surface area contributed by atoms with Crippen LogP contribution in [0.15, 0.2) is 30.3 Å². The first kappa shape index (κ1) is 8.69. The van der Waals surface area contributed by atoms with Gasteiger partial charge in [0.1, 0.15) is 0 Å². The molecule has 3 heteroatoms. The van der Waals surface area contributed by atoms with Crippen LogP contribution in [0.25, 0.3) is 0 Å². The van der Waals surface area contributed by atoms with Gasteiger partial charge in [0.15, 0.2) is 5.75 Å². The maximum atomic E-state index is 8.04. The fraction of sp³-hybridized carbons (Fsp3) is 0. The summed E-state index contributed by atoms with van der Waals surface area (Å²) in [6, 6.07) is 8.75. The summed E-state index contributed by atoms with van der Waals surface area (Å²) in [5.41, 5.74) is 0. The van der Waals surface area contributed by atoms with E-state index in [9.17, 15) is 0 Å². The quantitative estimate of drug-likeness (QED) is 0.381. The van der Waals surface area contributed by atoms with Crippen LogP contribution in [0.5, 0.6) is 5.75 Å². The molecule has 0 radical (unpaired) electrons. The Balaban J connectivity index is 0.000000640. The molecule has 0 amide bonds. The Morgan fingerprint density at radius 3 is 2.00 bits per heavy atom. The maximum Gasteiger partial charge on any atom is 0.165 e. The second kappa shape index (κ2) is 4.56. The summed E-state index contributed by atoms with van der Waals surface area (Å²) in [6.45, 7) is 0. The molecule has 1 aromatic rings. The molecule has 0 saturated carbocycles. The van der Waals surface area contributed by atoms with E-state index in [2.05, 4.69) is 4.89 Å². The molecule has 0 fully saturated rings. The van der Waals surface area contributed by atoms with E-state index in [0.29, 0.717) is 5.75 Å². The molecule has 0 saturated heterocycles. The monoisotopic (exact) mass is 158 g/mol. The van der Waals surface area contributed by atoms with Crippen molar-refractivity contribution in [2.24, 2.45) is 0 Å². The molecule has 2 nitrogen and oxygen atoms in total. The molecule has 0 unspecified atom stereocenters. The molecule has 0 heterocycles. The van der Waals surface area contributed by atoms with Crippen molar-refractivity contribution in [1.29, 1.82) is 0 Å². The van der Waals surface area contributed by atoms with Crippen molar-refractivity contribution in [2.45, 2.75) is 0 Å². The number of hydrogen-bond acceptors (Lipinski definition) is 2. The van der Waals surface area contributed by atoms with Gasteiger partial charge in [0.05, 0.1) is 0 Å². The average Bonchev–Trinajstić information content (AvgIpc) is 1.90. The molecular weight excluding hydrogens is 152 g/mol. The van der Waals surface area contributed by atoms with Crippen LogP contribution in [-0.4, -0.2) is 5.26 Å². The van der Waals surface area contributed by atoms with Crippen molar-refractivity contribution in [3.8, 4) is 5.75 Å². The van der Waals surface area contributed by atoms with Crippen molar-refractivity contribution >= 4 is 0 Å². The van der Waals surface area contributed by atoms with Gasteiger partial charge in [-0.05, 0) is 12.1 Å². The molecule has 46 valence electrons. The van der Waals surface area contributed by atoms with Crippen LogP contribution < -0.4 is 4.89 Å². The third-order valence-electron chi connectivity index (χ3n) is 0.849. The van der Waals surface area contributed by atoms with E-state index >= 15 is 0 Å². The SMILES string of the molecule is OOc1ccccc1.[Ti]. The van der Waals surface area contributed by atoms with Crippen molar-refractivity contribution in [3.05, 3.63) is 30.3 Å². The van der Waals surface area contributed by atoms with Crippen molar-refractivity contribution < 1.29 is 31.9 Å². The maximum absolute atomic E-state index is 8.04. The van der Waals surface area contributed by atoms with Gasteiger partial charge in [-0.1, -0.05) is 18.2 Å². The second-order valence-electron chi connectivity index (χ2n) is 1.40. The topological polar surface area (TPSA) is 29.5 Å². The fourth-order valence-corrected chi connectivity index (χ4v) is 0.481. The van der Waals surface area contributed by atoms with Crippen LogP contribution in [0.1, 0.15) is 0 Å². The van der Waals surface area contributed by atoms with Gasteiger partial charge in [0, 0.05) is 21.7 Å².